The number of nitrogens with zero attached hydrogens (tertiary/aromatic N) is 4. The molecule has 1 aliphatic rings. The molecular formula is C18H22N4O5S. The van der Waals surface area contributed by atoms with Gasteiger partial charge in [-0.2, -0.15) is 9.29 Å². The topological polar surface area (TPSA) is 111 Å². The zero-order valence-corrected chi connectivity index (χ0v) is 16.4. The number of hydrogen-bond acceptors (Lipinski definition) is 7. The van der Waals surface area contributed by atoms with Crippen LogP contribution in [-0.2, 0) is 23.0 Å². The molecule has 0 N–H and O–H groups in total. The van der Waals surface area contributed by atoms with E-state index in [1.807, 2.05) is 6.92 Å². The lowest BCUT2D eigenvalue weighted by molar-refractivity contribution is 0.375. The third kappa shape index (κ3) is 3.49. The van der Waals surface area contributed by atoms with Gasteiger partial charge in [0.05, 0.1) is 17.0 Å². The fourth-order valence-electron chi connectivity index (χ4n) is 3.43. The molecule has 3 aromatic rings. The molecule has 0 bridgehead atoms. The van der Waals surface area contributed by atoms with Gasteiger partial charge in [0.15, 0.2) is 11.4 Å². The van der Waals surface area contributed by atoms with E-state index >= 15 is 0 Å². The summed E-state index contributed by atoms with van der Waals surface area (Å²) in [7, 11) is -3.62. The Balaban J connectivity index is 1.67. The van der Waals surface area contributed by atoms with E-state index in [9.17, 15) is 13.2 Å². The Labute approximate surface area is 162 Å². The predicted octanol–water partition coefficient (Wildman–Crippen LogP) is 2.15. The maximum Gasteiger partial charge on any atom is 0.420 e. The third-order valence-electron chi connectivity index (χ3n) is 4.95. The van der Waals surface area contributed by atoms with Crippen LogP contribution in [0.4, 0.5) is 0 Å². The average molecular weight is 406 g/mol. The molecule has 0 atom stereocenters. The Morgan fingerprint density at radius 1 is 1.14 bits per heavy atom. The first-order chi connectivity index (χ1) is 13.5. The molecule has 1 fully saturated rings. The van der Waals surface area contributed by atoms with E-state index < -0.39 is 15.8 Å². The SMILES string of the molecule is CCc1nc(Cn2c(=O)oc3cc(S(=O)(=O)N4CCCCCC4)ccc32)no1. The van der Waals surface area contributed by atoms with Gasteiger partial charge in [-0.05, 0) is 25.0 Å². The lowest BCUT2D eigenvalue weighted by atomic mass is 10.2. The first-order valence-electron chi connectivity index (χ1n) is 9.44. The van der Waals surface area contributed by atoms with Crippen molar-refractivity contribution in [2.24, 2.45) is 0 Å². The summed E-state index contributed by atoms with van der Waals surface area (Å²) in [5, 5.41) is 3.85. The van der Waals surface area contributed by atoms with Gasteiger partial charge in [-0.3, -0.25) is 4.57 Å². The second kappa shape index (κ2) is 7.51. The van der Waals surface area contributed by atoms with E-state index in [2.05, 4.69) is 10.1 Å². The van der Waals surface area contributed by atoms with Crippen molar-refractivity contribution in [2.45, 2.75) is 50.5 Å². The molecule has 0 saturated carbocycles. The van der Waals surface area contributed by atoms with Crippen molar-refractivity contribution in [3.63, 3.8) is 0 Å². The van der Waals surface area contributed by atoms with Gasteiger partial charge in [0.2, 0.25) is 15.9 Å². The Morgan fingerprint density at radius 2 is 1.89 bits per heavy atom. The predicted molar refractivity (Wildman–Crippen MR) is 100 cm³/mol. The van der Waals surface area contributed by atoms with Crippen LogP contribution in [0.5, 0.6) is 0 Å². The maximum atomic E-state index is 13.0. The third-order valence-corrected chi connectivity index (χ3v) is 6.85. The maximum absolute atomic E-state index is 13.0. The quantitative estimate of drug-likeness (QED) is 0.638. The highest BCUT2D eigenvalue weighted by molar-refractivity contribution is 7.89. The summed E-state index contributed by atoms with van der Waals surface area (Å²) < 4.78 is 39.2. The first kappa shape index (κ1) is 18.9. The van der Waals surface area contributed by atoms with Gasteiger partial charge in [0.25, 0.3) is 0 Å². The fraction of sp³-hybridized carbons (Fsp3) is 0.500. The molecular weight excluding hydrogens is 384 g/mol. The standard InChI is InChI=1S/C18H22N4O5S/c1-2-17-19-16(20-27-17)12-22-14-8-7-13(11-15(14)26-18(22)23)28(24,25)21-9-5-3-4-6-10-21/h7-8,11H,2-6,9-10,12H2,1H3. The minimum atomic E-state index is -3.62. The van der Waals surface area contributed by atoms with E-state index in [0.717, 1.165) is 25.7 Å². The summed E-state index contributed by atoms with van der Waals surface area (Å²) in [6.45, 7) is 3.02. The largest absolute Gasteiger partial charge is 0.420 e. The highest BCUT2D eigenvalue weighted by atomic mass is 32.2. The monoisotopic (exact) mass is 406 g/mol. The van der Waals surface area contributed by atoms with Crippen molar-refractivity contribution in [3.05, 3.63) is 40.5 Å². The lowest BCUT2D eigenvalue weighted by Crippen LogP contribution is -2.31. The van der Waals surface area contributed by atoms with E-state index in [4.69, 9.17) is 8.94 Å². The minimum Gasteiger partial charge on any atom is -0.408 e. The molecule has 2 aromatic heterocycles. The molecule has 9 nitrogen and oxygen atoms in total. The molecule has 1 aliphatic heterocycles. The normalized spacial score (nSPS) is 16.5. The number of oxazole rings is 1. The number of benzene rings is 1. The van der Waals surface area contributed by atoms with E-state index in [1.165, 1.54) is 21.0 Å². The zero-order valence-electron chi connectivity index (χ0n) is 15.6. The number of aryl methyl sites for hydroxylation is 1. The van der Waals surface area contributed by atoms with Crippen molar-refractivity contribution >= 4 is 21.1 Å². The van der Waals surface area contributed by atoms with Gasteiger partial charge >= 0.3 is 5.76 Å². The summed E-state index contributed by atoms with van der Waals surface area (Å²) in [5.74, 6) is 0.256. The van der Waals surface area contributed by atoms with Crippen molar-refractivity contribution in [1.82, 2.24) is 19.0 Å². The molecule has 28 heavy (non-hydrogen) atoms. The molecule has 0 radical (unpaired) electrons. The van der Waals surface area contributed by atoms with Crippen LogP contribution in [0.3, 0.4) is 0 Å². The second-order valence-electron chi connectivity index (χ2n) is 6.86. The fourth-order valence-corrected chi connectivity index (χ4v) is 4.96. The van der Waals surface area contributed by atoms with Gasteiger partial charge in [-0.1, -0.05) is 24.9 Å². The minimum absolute atomic E-state index is 0.0908. The van der Waals surface area contributed by atoms with Crippen molar-refractivity contribution in [2.75, 3.05) is 13.1 Å². The van der Waals surface area contributed by atoms with Crippen LogP contribution in [0, 0.1) is 0 Å². The second-order valence-corrected chi connectivity index (χ2v) is 8.80. The van der Waals surface area contributed by atoms with Crippen LogP contribution in [0.15, 0.2) is 36.8 Å². The Hall–Kier alpha value is -2.46. The zero-order chi connectivity index (χ0) is 19.7. The van der Waals surface area contributed by atoms with Gasteiger partial charge in [-0.25, -0.2) is 13.2 Å². The lowest BCUT2D eigenvalue weighted by Gasteiger charge is -2.19. The van der Waals surface area contributed by atoms with Crippen LogP contribution < -0.4 is 5.76 Å². The molecule has 0 amide bonds. The smallest absolute Gasteiger partial charge is 0.408 e. The molecule has 150 valence electrons. The molecule has 0 aliphatic carbocycles. The highest BCUT2D eigenvalue weighted by Gasteiger charge is 2.26. The van der Waals surface area contributed by atoms with E-state index in [0.29, 0.717) is 36.7 Å². The number of rotatable bonds is 5. The summed E-state index contributed by atoms with van der Waals surface area (Å²) in [5.41, 5.74) is 0.711. The Morgan fingerprint density at radius 3 is 2.57 bits per heavy atom. The summed E-state index contributed by atoms with van der Waals surface area (Å²) in [6.07, 6.45) is 4.40. The summed E-state index contributed by atoms with van der Waals surface area (Å²) >= 11 is 0. The van der Waals surface area contributed by atoms with Crippen LogP contribution in [0.1, 0.15) is 44.3 Å². The number of aromatic nitrogens is 3. The van der Waals surface area contributed by atoms with E-state index in [-0.39, 0.29) is 17.0 Å². The number of hydrogen-bond donors (Lipinski definition) is 0. The molecule has 0 unspecified atom stereocenters. The van der Waals surface area contributed by atoms with Gasteiger partial charge in [0, 0.05) is 25.6 Å². The molecule has 1 saturated heterocycles. The Bertz CT molecular complexity index is 1140. The van der Waals surface area contributed by atoms with E-state index in [1.54, 1.807) is 6.07 Å². The van der Waals surface area contributed by atoms with Crippen molar-refractivity contribution in [1.29, 1.82) is 0 Å². The molecule has 0 spiro atoms. The molecule has 4 rings (SSSR count). The van der Waals surface area contributed by atoms with Crippen LogP contribution in [0.2, 0.25) is 0 Å². The number of fused-ring (bicyclic) bond motifs is 1. The molecule has 10 heteroatoms. The van der Waals surface area contributed by atoms with Gasteiger partial charge in [-0.15, -0.1) is 0 Å². The van der Waals surface area contributed by atoms with Crippen molar-refractivity contribution in [3.8, 4) is 0 Å². The van der Waals surface area contributed by atoms with Gasteiger partial charge in [0.1, 0.15) is 0 Å². The van der Waals surface area contributed by atoms with Gasteiger partial charge < -0.3 is 8.94 Å². The molecule has 3 heterocycles. The number of sulfonamides is 1. The molecule has 1 aromatic carbocycles. The summed E-state index contributed by atoms with van der Waals surface area (Å²) in [4.78, 5) is 16.6. The average Bonchev–Trinajstić information content (AvgIpc) is 3.14. The Kier molecular flexibility index (Phi) is 5.07. The summed E-state index contributed by atoms with van der Waals surface area (Å²) in [6, 6.07) is 4.52. The van der Waals surface area contributed by atoms with Crippen molar-refractivity contribution < 1.29 is 17.4 Å². The van der Waals surface area contributed by atoms with Crippen LogP contribution >= 0.6 is 0 Å². The van der Waals surface area contributed by atoms with Crippen LogP contribution in [-0.4, -0.2) is 40.5 Å². The highest BCUT2D eigenvalue weighted by Crippen LogP contribution is 2.24. The first-order valence-corrected chi connectivity index (χ1v) is 10.9. The van der Waals surface area contributed by atoms with Crippen LogP contribution in [0.25, 0.3) is 11.1 Å².